The third-order valence-corrected chi connectivity index (χ3v) is 6.28. The fourth-order valence-corrected chi connectivity index (χ4v) is 4.11. The van der Waals surface area contributed by atoms with E-state index in [2.05, 4.69) is 25.6 Å². The van der Waals surface area contributed by atoms with Crippen LogP contribution in [-0.4, -0.2) is 48.5 Å². The zero-order valence-electron chi connectivity index (χ0n) is 21.3. The number of fused-ring (bicyclic) bond motifs is 1. The molecule has 0 aliphatic carbocycles. The molecule has 2 aromatic carbocycles. The number of ether oxygens (including phenoxy) is 1. The van der Waals surface area contributed by atoms with Gasteiger partial charge in [-0.2, -0.15) is 14.9 Å². The largest absolute Gasteiger partial charge is 0.453 e. The Morgan fingerprint density at radius 3 is 2.62 bits per heavy atom. The number of pyridine rings is 1. The average Bonchev–Trinajstić information content (AvgIpc) is 3.37. The van der Waals surface area contributed by atoms with E-state index in [0.29, 0.717) is 34.5 Å². The molecule has 0 aliphatic heterocycles. The van der Waals surface area contributed by atoms with Crippen LogP contribution in [0.25, 0.3) is 16.7 Å². The first-order chi connectivity index (χ1) is 19.4. The van der Waals surface area contributed by atoms with Gasteiger partial charge in [-0.25, -0.2) is 13.8 Å². The van der Waals surface area contributed by atoms with Crippen LogP contribution in [0.3, 0.4) is 0 Å². The molecule has 0 spiro atoms. The summed E-state index contributed by atoms with van der Waals surface area (Å²) in [7, 11) is 0. The van der Waals surface area contributed by atoms with Gasteiger partial charge < -0.3 is 15.2 Å². The van der Waals surface area contributed by atoms with Gasteiger partial charge in [-0.05, 0) is 54.4 Å². The molecule has 0 amide bonds. The first-order valence-corrected chi connectivity index (χ1v) is 12.4. The maximum atomic E-state index is 15.1. The number of aromatic nitrogens is 5. The number of hydrogen-bond acceptors (Lipinski definition) is 8. The molecule has 0 bridgehead atoms. The van der Waals surface area contributed by atoms with Crippen molar-refractivity contribution >= 4 is 22.6 Å². The minimum Gasteiger partial charge on any atom is -0.453 e. The van der Waals surface area contributed by atoms with Gasteiger partial charge >= 0.3 is 0 Å². The van der Waals surface area contributed by atoms with Crippen LogP contribution in [0.5, 0.6) is 11.5 Å². The average molecular weight is 547 g/mol. The van der Waals surface area contributed by atoms with Gasteiger partial charge in [-0.3, -0.25) is 14.7 Å². The number of aliphatic hydroxyl groups is 1. The van der Waals surface area contributed by atoms with Crippen LogP contribution in [0.1, 0.15) is 29.3 Å². The van der Waals surface area contributed by atoms with Crippen LogP contribution in [0.2, 0.25) is 0 Å². The van der Waals surface area contributed by atoms with Crippen LogP contribution in [-0.2, 0) is 6.42 Å². The lowest BCUT2D eigenvalue weighted by Gasteiger charge is -2.14. The second-order valence-electron chi connectivity index (χ2n) is 8.94. The van der Waals surface area contributed by atoms with Gasteiger partial charge in [0.15, 0.2) is 28.8 Å². The molecule has 3 aromatic heterocycles. The third-order valence-electron chi connectivity index (χ3n) is 6.28. The Kier molecular flexibility index (Phi) is 7.60. The summed E-state index contributed by atoms with van der Waals surface area (Å²) in [6.45, 7) is 1.81. The molecule has 0 saturated heterocycles. The summed E-state index contributed by atoms with van der Waals surface area (Å²) in [4.78, 5) is 30.1. The standard InChI is InChI=1S/C28H24F2N6O4/c1-2-18(15-37)33-27-25-24(10-11-31-26(25)34-35-27)40-23-8-3-16(13-21(23)30)14-22(38)20-9-12-32-36(28(20)39)19-6-4-17(29)5-7-19/h3-13,18,37H,2,14-15H2,1H3,(H2,31,33,34,35). The highest BCUT2D eigenvalue weighted by atomic mass is 19.1. The molecular formula is C28H24F2N6O4. The highest BCUT2D eigenvalue weighted by molar-refractivity contribution is 5.97. The summed E-state index contributed by atoms with van der Waals surface area (Å²) in [5, 5.41) is 24.1. The summed E-state index contributed by atoms with van der Waals surface area (Å²) >= 11 is 0. The predicted molar refractivity (Wildman–Crippen MR) is 143 cm³/mol. The predicted octanol–water partition coefficient (Wildman–Crippen LogP) is 4.18. The fourth-order valence-electron chi connectivity index (χ4n) is 4.11. The number of carbonyl (C=O) groups is 1. The molecule has 12 heteroatoms. The third kappa shape index (κ3) is 5.43. The number of Topliss-reactive ketones (excluding diaryl/α,β-unsaturated/α-hetero) is 1. The topological polar surface area (TPSA) is 135 Å². The van der Waals surface area contributed by atoms with E-state index in [-0.39, 0.29) is 36.1 Å². The number of ketones is 1. The molecule has 1 atom stereocenters. The van der Waals surface area contributed by atoms with Gasteiger partial charge in [0.05, 0.1) is 23.9 Å². The van der Waals surface area contributed by atoms with Crippen molar-refractivity contribution in [1.82, 2.24) is 25.0 Å². The normalized spacial score (nSPS) is 11.9. The Labute approximate surface area is 226 Å². The second-order valence-corrected chi connectivity index (χ2v) is 8.94. The molecule has 0 radical (unpaired) electrons. The number of nitrogens with one attached hydrogen (secondary N) is 2. The molecule has 40 heavy (non-hydrogen) atoms. The zero-order chi connectivity index (χ0) is 28.2. The first kappa shape index (κ1) is 26.6. The van der Waals surface area contributed by atoms with Crippen molar-refractivity contribution in [2.45, 2.75) is 25.8 Å². The quantitative estimate of drug-likeness (QED) is 0.222. The summed E-state index contributed by atoms with van der Waals surface area (Å²) in [5.41, 5.74) is 0.249. The van der Waals surface area contributed by atoms with E-state index in [4.69, 9.17) is 4.74 Å². The molecule has 1 unspecified atom stereocenters. The Balaban J connectivity index is 1.36. The van der Waals surface area contributed by atoms with Crippen molar-refractivity contribution in [3.05, 3.63) is 100 Å². The molecule has 3 heterocycles. The molecule has 3 N–H and O–H groups in total. The number of nitrogens with zero attached hydrogens (tertiary/aromatic N) is 4. The van der Waals surface area contributed by atoms with Gasteiger partial charge in [0.1, 0.15) is 17.0 Å². The van der Waals surface area contributed by atoms with Crippen molar-refractivity contribution in [3.8, 4) is 17.2 Å². The van der Waals surface area contributed by atoms with Crippen molar-refractivity contribution < 1.29 is 23.4 Å². The number of halogens is 2. The van der Waals surface area contributed by atoms with Crippen LogP contribution in [0, 0.1) is 11.6 Å². The monoisotopic (exact) mass is 546 g/mol. The highest BCUT2D eigenvalue weighted by Gasteiger charge is 2.19. The molecule has 5 aromatic rings. The lowest BCUT2D eigenvalue weighted by molar-refractivity contribution is 0.0991. The number of aromatic amines is 1. The van der Waals surface area contributed by atoms with E-state index in [1.54, 1.807) is 6.07 Å². The molecular weight excluding hydrogens is 522 g/mol. The van der Waals surface area contributed by atoms with Crippen molar-refractivity contribution in [3.63, 3.8) is 0 Å². The smallest absolute Gasteiger partial charge is 0.282 e. The molecule has 0 fully saturated rings. The summed E-state index contributed by atoms with van der Waals surface area (Å²) in [6, 6.07) is 11.8. The van der Waals surface area contributed by atoms with E-state index in [0.717, 1.165) is 4.68 Å². The van der Waals surface area contributed by atoms with Gasteiger partial charge in [-0.1, -0.05) is 13.0 Å². The maximum Gasteiger partial charge on any atom is 0.282 e. The molecule has 204 valence electrons. The van der Waals surface area contributed by atoms with E-state index < -0.39 is 23.0 Å². The Morgan fingerprint density at radius 1 is 1.10 bits per heavy atom. The zero-order valence-corrected chi connectivity index (χ0v) is 21.3. The Morgan fingerprint density at radius 2 is 1.90 bits per heavy atom. The van der Waals surface area contributed by atoms with Crippen molar-refractivity contribution in [1.29, 1.82) is 0 Å². The minimum absolute atomic E-state index is 0.0902. The van der Waals surface area contributed by atoms with E-state index in [9.17, 15) is 19.1 Å². The van der Waals surface area contributed by atoms with Crippen LogP contribution >= 0.6 is 0 Å². The minimum atomic E-state index is -0.714. The maximum absolute atomic E-state index is 15.1. The number of aliphatic hydroxyl groups excluding tert-OH is 1. The number of hydrogen-bond donors (Lipinski definition) is 3. The van der Waals surface area contributed by atoms with Crippen LogP contribution in [0.15, 0.2) is 71.8 Å². The molecule has 10 nitrogen and oxygen atoms in total. The Bertz CT molecular complexity index is 1730. The molecule has 0 aliphatic rings. The van der Waals surface area contributed by atoms with Gasteiger partial charge in [-0.15, -0.1) is 0 Å². The van der Waals surface area contributed by atoms with Crippen molar-refractivity contribution in [2.75, 3.05) is 11.9 Å². The van der Waals surface area contributed by atoms with Gasteiger partial charge in [0.25, 0.3) is 5.56 Å². The summed E-state index contributed by atoms with van der Waals surface area (Å²) < 4.78 is 35.2. The van der Waals surface area contributed by atoms with Crippen LogP contribution < -0.4 is 15.6 Å². The van der Waals surface area contributed by atoms with Gasteiger partial charge in [0, 0.05) is 24.9 Å². The lowest BCUT2D eigenvalue weighted by Crippen LogP contribution is -2.27. The fraction of sp³-hybridized carbons (Fsp3) is 0.179. The Hall–Kier alpha value is -4.97. The van der Waals surface area contributed by atoms with E-state index in [1.807, 2.05) is 6.92 Å². The first-order valence-electron chi connectivity index (χ1n) is 12.4. The summed E-state index contributed by atoms with van der Waals surface area (Å²) in [6.07, 6.45) is 3.19. The molecule has 0 saturated carbocycles. The number of carbonyl (C=O) groups excluding carboxylic acids is 1. The number of H-pyrrole nitrogens is 1. The number of anilines is 1. The van der Waals surface area contributed by atoms with Gasteiger partial charge in [0.2, 0.25) is 0 Å². The van der Waals surface area contributed by atoms with Crippen molar-refractivity contribution in [2.24, 2.45) is 0 Å². The summed E-state index contributed by atoms with van der Waals surface area (Å²) in [5.74, 6) is -1.11. The van der Waals surface area contributed by atoms with E-state index in [1.165, 1.54) is 60.9 Å². The number of benzene rings is 2. The number of rotatable bonds is 10. The van der Waals surface area contributed by atoms with E-state index >= 15 is 4.39 Å². The molecule has 5 rings (SSSR count). The second kappa shape index (κ2) is 11.4. The lowest BCUT2D eigenvalue weighted by atomic mass is 10.0. The van der Waals surface area contributed by atoms with Crippen LogP contribution in [0.4, 0.5) is 14.6 Å². The highest BCUT2D eigenvalue weighted by Crippen LogP contribution is 2.34. The SMILES string of the molecule is CCC(CO)Nc1n[nH]c2nccc(Oc3ccc(CC(=O)c4ccnn(-c5ccc(F)cc5)c4=O)cc3F)c12.